The maximum atomic E-state index is 5.48. The largest absolute Gasteiger partial charge is 0.468 e. The van der Waals surface area contributed by atoms with Crippen molar-refractivity contribution in [1.29, 1.82) is 0 Å². The van der Waals surface area contributed by atoms with Crippen LogP contribution in [0.1, 0.15) is 31.2 Å². The Balaban J connectivity index is 1.40. The Morgan fingerprint density at radius 3 is 3.20 bits per heavy atom. The third kappa shape index (κ3) is 3.66. The van der Waals surface area contributed by atoms with Crippen LogP contribution in [0.25, 0.3) is 5.65 Å². The minimum atomic E-state index is 0.616. The number of rotatable bonds is 6. The molecule has 1 fully saturated rings. The molecule has 4 heterocycles. The van der Waals surface area contributed by atoms with Gasteiger partial charge in [0.15, 0.2) is 0 Å². The number of nitrogens with zero attached hydrogens (tertiary/aromatic N) is 5. The van der Waals surface area contributed by atoms with E-state index in [0.29, 0.717) is 5.92 Å². The van der Waals surface area contributed by atoms with Crippen LogP contribution < -0.4 is 5.32 Å². The zero-order valence-corrected chi connectivity index (χ0v) is 14.6. The van der Waals surface area contributed by atoms with Crippen molar-refractivity contribution in [3.8, 4) is 0 Å². The lowest BCUT2D eigenvalue weighted by Gasteiger charge is -2.32. The smallest absolute Gasteiger partial charge is 0.200 e. The maximum absolute atomic E-state index is 5.48. The first-order valence-electron chi connectivity index (χ1n) is 9.00. The lowest BCUT2D eigenvalue weighted by atomic mass is 9.98. The average Bonchev–Trinajstić information content (AvgIpc) is 3.31. The zero-order chi connectivity index (χ0) is 17.1. The van der Waals surface area contributed by atoms with E-state index in [9.17, 15) is 0 Å². The van der Waals surface area contributed by atoms with Gasteiger partial charge in [-0.3, -0.25) is 4.90 Å². The Labute approximate surface area is 147 Å². The highest BCUT2D eigenvalue weighted by Crippen LogP contribution is 2.21. The minimum absolute atomic E-state index is 0.616. The molecular weight excluding hydrogens is 316 g/mol. The molecule has 0 bridgehead atoms. The quantitative estimate of drug-likeness (QED) is 0.744. The van der Waals surface area contributed by atoms with Crippen molar-refractivity contribution in [2.24, 2.45) is 5.92 Å². The van der Waals surface area contributed by atoms with Gasteiger partial charge in [0.25, 0.3) is 0 Å². The molecular formula is C18H24N6O. The topological polar surface area (TPSA) is 71.5 Å². The Morgan fingerprint density at radius 2 is 2.36 bits per heavy atom. The van der Waals surface area contributed by atoms with Crippen LogP contribution in [0.2, 0.25) is 0 Å². The van der Waals surface area contributed by atoms with Gasteiger partial charge >= 0.3 is 0 Å². The van der Waals surface area contributed by atoms with Gasteiger partial charge in [-0.2, -0.15) is 9.61 Å². The summed E-state index contributed by atoms with van der Waals surface area (Å²) in [5.74, 6) is 1.66. The van der Waals surface area contributed by atoms with Crippen molar-refractivity contribution in [3.05, 3.63) is 42.2 Å². The number of nitrogens with one attached hydrogen (secondary N) is 1. The zero-order valence-electron chi connectivity index (χ0n) is 14.6. The van der Waals surface area contributed by atoms with Crippen molar-refractivity contribution in [2.75, 3.05) is 25.0 Å². The number of aromatic nitrogens is 4. The molecule has 1 aliphatic rings. The van der Waals surface area contributed by atoms with Gasteiger partial charge in [-0.1, -0.05) is 6.92 Å². The van der Waals surface area contributed by atoms with Crippen molar-refractivity contribution >= 4 is 11.3 Å². The second-order valence-corrected chi connectivity index (χ2v) is 6.71. The normalized spacial score (nSPS) is 18.7. The number of anilines is 1. The molecule has 25 heavy (non-hydrogen) atoms. The van der Waals surface area contributed by atoms with Crippen LogP contribution in [-0.2, 0) is 13.0 Å². The van der Waals surface area contributed by atoms with Crippen LogP contribution in [-0.4, -0.2) is 44.3 Å². The monoisotopic (exact) mass is 340 g/mol. The highest BCUT2D eigenvalue weighted by Gasteiger charge is 2.21. The second-order valence-electron chi connectivity index (χ2n) is 6.71. The molecule has 0 spiro atoms. The Hall–Kier alpha value is -2.41. The summed E-state index contributed by atoms with van der Waals surface area (Å²) in [6.45, 7) is 6.16. The molecule has 1 N–H and O–H groups in total. The van der Waals surface area contributed by atoms with E-state index >= 15 is 0 Å². The number of piperidine rings is 1. The van der Waals surface area contributed by atoms with Crippen LogP contribution in [0, 0.1) is 5.92 Å². The van der Waals surface area contributed by atoms with Gasteiger partial charge in [0.1, 0.15) is 12.1 Å². The third-order valence-corrected chi connectivity index (χ3v) is 4.82. The number of aryl methyl sites for hydroxylation is 1. The molecule has 0 radical (unpaired) electrons. The highest BCUT2D eigenvalue weighted by atomic mass is 16.3. The van der Waals surface area contributed by atoms with E-state index in [-0.39, 0.29) is 0 Å². The highest BCUT2D eigenvalue weighted by molar-refractivity contribution is 5.66. The van der Waals surface area contributed by atoms with E-state index in [1.165, 1.54) is 12.8 Å². The van der Waals surface area contributed by atoms with Gasteiger partial charge in [0.2, 0.25) is 5.65 Å². The lowest BCUT2D eigenvalue weighted by molar-refractivity contribution is 0.162. The first kappa shape index (κ1) is 16.1. The van der Waals surface area contributed by atoms with E-state index in [1.54, 1.807) is 17.1 Å². The van der Waals surface area contributed by atoms with E-state index in [1.807, 2.05) is 12.1 Å². The van der Waals surface area contributed by atoms with Crippen molar-refractivity contribution < 1.29 is 4.42 Å². The number of furan rings is 1. The number of hydrogen-bond acceptors (Lipinski definition) is 6. The number of hydrogen-bond donors (Lipinski definition) is 1. The van der Waals surface area contributed by atoms with E-state index < -0.39 is 0 Å². The van der Waals surface area contributed by atoms with E-state index in [2.05, 4.69) is 38.5 Å². The summed E-state index contributed by atoms with van der Waals surface area (Å²) in [5, 5.41) is 16.2. The first-order valence-corrected chi connectivity index (χ1v) is 9.00. The van der Waals surface area contributed by atoms with E-state index in [0.717, 1.165) is 55.4 Å². The molecule has 4 rings (SSSR count). The lowest BCUT2D eigenvalue weighted by Crippen LogP contribution is -2.37. The Bertz CT molecular complexity index is 812. The molecule has 132 valence electrons. The van der Waals surface area contributed by atoms with Gasteiger partial charge in [0.05, 0.1) is 24.2 Å². The van der Waals surface area contributed by atoms with Gasteiger partial charge in [-0.05, 0) is 49.9 Å². The first-order chi connectivity index (χ1) is 12.3. The van der Waals surface area contributed by atoms with Crippen LogP contribution in [0.4, 0.5) is 5.69 Å². The van der Waals surface area contributed by atoms with Crippen molar-refractivity contribution in [1.82, 2.24) is 24.7 Å². The van der Waals surface area contributed by atoms with Crippen molar-refractivity contribution in [3.63, 3.8) is 0 Å². The van der Waals surface area contributed by atoms with Crippen LogP contribution in [0.3, 0.4) is 0 Å². The van der Waals surface area contributed by atoms with Crippen LogP contribution in [0.5, 0.6) is 0 Å². The molecule has 0 saturated carbocycles. The number of likely N-dealkylation sites (tertiary alicyclic amines) is 1. The Morgan fingerprint density at radius 1 is 1.40 bits per heavy atom. The fourth-order valence-corrected chi connectivity index (χ4v) is 3.52. The molecule has 0 aromatic carbocycles. The van der Waals surface area contributed by atoms with Gasteiger partial charge in [-0.15, -0.1) is 10.2 Å². The maximum Gasteiger partial charge on any atom is 0.200 e. The van der Waals surface area contributed by atoms with Crippen LogP contribution >= 0.6 is 0 Å². The summed E-state index contributed by atoms with van der Waals surface area (Å²) in [7, 11) is 0. The molecule has 1 aliphatic heterocycles. The molecule has 1 atom stereocenters. The molecule has 7 nitrogen and oxygen atoms in total. The molecule has 1 unspecified atom stereocenters. The van der Waals surface area contributed by atoms with Crippen LogP contribution in [0.15, 0.2) is 35.2 Å². The fourth-order valence-electron chi connectivity index (χ4n) is 3.52. The summed E-state index contributed by atoms with van der Waals surface area (Å²) in [6, 6.07) is 6.09. The predicted octanol–water partition coefficient (Wildman–Crippen LogP) is 2.60. The predicted molar refractivity (Wildman–Crippen MR) is 95.4 cm³/mol. The summed E-state index contributed by atoms with van der Waals surface area (Å²) in [4.78, 5) is 2.48. The fraction of sp³-hybridized carbons (Fsp3) is 0.500. The third-order valence-electron chi connectivity index (χ3n) is 4.82. The standard InChI is InChI=1S/C18H24N6O/c1-2-15-9-17(18-21-20-13-24(18)22-15)19-10-14-5-3-7-23(11-14)12-16-6-4-8-25-16/h4,6,8-9,13-14,19H,2-3,5,7,10-12H2,1H3. The van der Waals surface area contributed by atoms with Gasteiger partial charge in [0, 0.05) is 13.1 Å². The summed E-state index contributed by atoms with van der Waals surface area (Å²) in [5.41, 5.74) is 2.85. The summed E-state index contributed by atoms with van der Waals surface area (Å²) < 4.78 is 7.24. The second kappa shape index (κ2) is 7.23. The SMILES string of the molecule is CCc1cc(NCC2CCCN(Cc3ccco3)C2)c2nncn2n1. The molecule has 1 saturated heterocycles. The minimum Gasteiger partial charge on any atom is -0.468 e. The average molecular weight is 340 g/mol. The number of fused-ring (bicyclic) bond motifs is 1. The van der Waals surface area contributed by atoms with Gasteiger partial charge in [-0.25, -0.2) is 0 Å². The molecule has 7 heteroatoms. The molecule has 3 aromatic rings. The summed E-state index contributed by atoms with van der Waals surface area (Å²) >= 11 is 0. The van der Waals surface area contributed by atoms with Crippen molar-refractivity contribution in [2.45, 2.75) is 32.7 Å². The molecule has 3 aromatic heterocycles. The summed E-state index contributed by atoms with van der Waals surface area (Å²) in [6.07, 6.45) is 6.77. The molecule has 0 amide bonds. The Kier molecular flexibility index (Phi) is 4.65. The van der Waals surface area contributed by atoms with Gasteiger partial charge < -0.3 is 9.73 Å². The van der Waals surface area contributed by atoms with E-state index in [4.69, 9.17) is 4.42 Å². The molecule has 0 aliphatic carbocycles.